The van der Waals surface area contributed by atoms with Crippen molar-refractivity contribution in [2.24, 2.45) is 0 Å². The molecule has 3 nitrogen and oxygen atoms in total. The summed E-state index contributed by atoms with van der Waals surface area (Å²) in [5, 5.41) is 3.59. The molecule has 1 aromatic carbocycles. The van der Waals surface area contributed by atoms with Gasteiger partial charge in [-0.1, -0.05) is 18.6 Å². The summed E-state index contributed by atoms with van der Waals surface area (Å²) in [4.78, 5) is 0. The highest BCUT2D eigenvalue weighted by atomic mass is 16.5. The van der Waals surface area contributed by atoms with E-state index in [1.54, 1.807) is 14.2 Å². The fraction of sp³-hybridized carbons (Fsp3) is 0.529. The third kappa shape index (κ3) is 3.54. The van der Waals surface area contributed by atoms with Crippen LogP contribution in [0.4, 0.5) is 0 Å². The van der Waals surface area contributed by atoms with E-state index in [0.29, 0.717) is 0 Å². The number of hydrogen-bond acceptors (Lipinski definition) is 3. The minimum absolute atomic E-state index is 0.268. The molecule has 0 amide bonds. The van der Waals surface area contributed by atoms with E-state index in [9.17, 15) is 0 Å². The first-order valence-electron chi connectivity index (χ1n) is 7.43. The summed E-state index contributed by atoms with van der Waals surface area (Å²) in [7, 11) is 3.39. The van der Waals surface area contributed by atoms with Crippen LogP contribution in [0.15, 0.2) is 29.8 Å². The van der Waals surface area contributed by atoms with Crippen LogP contribution in [0.3, 0.4) is 0 Å². The molecule has 3 heteroatoms. The van der Waals surface area contributed by atoms with E-state index in [-0.39, 0.29) is 6.04 Å². The smallest absolute Gasteiger partial charge is 0.122 e. The Morgan fingerprint density at radius 3 is 2.30 bits per heavy atom. The van der Waals surface area contributed by atoms with Crippen LogP contribution in [0, 0.1) is 0 Å². The monoisotopic (exact) mass is 275 g/mol. The highest BCUT2D eigenvalue weighted by molar-refractivity contribution is 5.42. The second kappa shape index (κ2) is 7.34. The van der Waals surface area contributed by atoms with Crippen LogP contribution in [-0.4, -0.2) is 20.8 Å². The number of likely N-dealkylation sites (N-methyl/N-ethyl adjacent to an activating group) is 1. The topological polar surface area (TPSA) is 30.5 Å². The van der Waals surface area contributed by atoms with Crippen LogP contribution in [0.2, 0.25) is 0 Å². The minimum atomic E-state index is 0.268. The summed E-state index contributed by atoms with van der Waals surface area (Å²) in [6, 6.07) is 6.39. The van der Waals surface area contributed by atoms with Crippen LogP contribution in [-0.2, 0) is 0 Å². The molecular weight excluding hydrogens is 250 g/mol. The molecule has 1 aliphatic carbocycles. The average molecular weight is 275 g/mol. The maximum atomic E-state index is 5.39. The second-order valence-corrected chi connectivity index (χ2v) is 5.16. The fourth-order valence-electron chi connectivity index (χ4n) is 2.79. The van der Waals surface area contributed by atoms with Gasteiger partial charge in [-0.2, -0.15) is 0 Å². The van der Waals surface area contributed by atoms with Gasteiger partial charge in [0.25, 0.3) is 0 Å². The molecule has 0 spiro atoms. The van der Waals surface area contributed by atoms with Crippen LogP contribution in [0.1, 0.15) is 44.2 Å². The molecule has 2 rings (SSSR count). The first kappa shape index (κ1) is 14.9. The summed E-state index contributed by atoms with van der Waals surface area (Å²) >= 11 is 0. The van der Waals surface area contributed by atoms with E-state index < -0.39 is 0 Å². The number of allylic oxidation sites excluding steroid dienone is 1. The Labute approximate surface area is 122 Å². The summed E-state index contributed by atoms with van der Waals surface area (Å²) in [5.41, 5.74) is 2.71. The third-order valence-electron chi connectivity index (χ3n) is 3.81. The van der Waals surface area contributed by atoms with Crippen LogP contribution in [0.25, 0.3) is 0 Å². The highest BCUT2D eigenvalue weighted by Crippen LogP contribution is 2.33. The number of hydrogen-bond donors (Lipinski definition) is 1. The number of methoxy groups -OCH3 is 2. The quantitative estimate of drug-likeness (QED) is 0.800. The minimum Gasteiger partial charge on any atom is -0.497 e. The maximum absolute atomic E-state index is 5.39. The van der Waals surface area contributed by atoms with Crippen molar-refractivity contribution in [2.45, 2.75) is 38.6 Å². The van der Waals surface area contributed by atoms with Gasteiger partial charge in [0.15, 0.2) is 0 Å². The maximum Gasteiger partial charge on any atom is 0.122 e. The van der Waals surface area contributed by atoms with Crippen LogP contribution >= 0.6 is 0 Å². The Kier molecular flexibility index (Phi) is 5.48. The number of benzene rings is 1. The van der Waals surface area contributed by atoms with Gasteiger partial charge in [0.1, 0.15) is 11.5 Å². The van der Waals surface area contributed by atoms with E-state index in [0.717, 1.165) is 18.0 Å². The van der Waals surface area contributed by atoms with Gasteiger partial charge in [-0.15, -0.1) is 0 Å². The van der Waals surface area contributed by atoms with E-state index in [2.05, 4.69) is 30.4 Å². The predicted octanol–water partition coefficient (Wildman–Crippen LogP) is 3.85. The van der Waals surface area contributed by atoms with Crippen molar-refractivity contribution in [2.75, 3.05) is 20.8 Å². The van der Waals surface area contributed by atoms with E-state index in [1.165, 1.54) is 36.8 Å². The fourth-order valence-corrected chi connectivity index (χ4v) is 2.79. The van der Waals surface area contributed by atoms with E-state index >= 15 is 0 Å². The van der Waals surface area contributed by atoms with Gasteiger partial charge in [-0.05, 0) is 49.9 Å². The third-order valence-corrected chi connectivity index (χ3v) is 3.81. The van der Waals surface area contributed by atoms with Crippen molar-refractivity contribution < 1.29 is 9.47 Å². The molecule has 1 aliphatic rings. The Morgan fingerprint density at radius 2 is 1.80 bits per heavy atom. The SMILES string of the molecule is CCNC(C1=CCCCC1)c1cc(OC)cc(OC)c1. The Morgan fingerprint density at radius 1 is 1.10 bits per heavy atom. The second-order valence-electron chi connectivity index (χ2n) is 5.16. The highest BCUT2D eigenvalue weighted by Gasteiger charge is 2.18. The van der Waals surface area contributed by atoms with Crippen molar-refractivity contribution in [3.8, 4) is 11.5 Å². The van der Waals surface area contributed by atoms with Gasteiger partial charge in [0.05, 0.1) is 20.3 Å². The van der Waals surface area contributed by atoms with Gasteiger partial charge >= 0.3 is 0 Å². The standard InChI is InChI=1S/C17H25NO2/c1-4-18-17(13-8-6-5-7-9-13)14-10-15(19-2)12-16(11-14)20-3/h8,10-12,17-18H,4-7,9H2,1-3H3. The van der Waals surface area contributed by atoms with Crippen molar-refractivity contribution in [3.05, 3.63) is 35.4 Å². The predicted molar refractivity (Wildman–Crippen MR) is 82.5 cm³/mol. The molecular formula is C17H25NO2. The molecule has 0 bridgehead atoms. The number of rotatable bonds is 6. The van der Waals surface area contributed by atoms with E-state index in [1.807, 2.05) is 6.07 Å². The molecule has 0 saturated heterocycles. The summed E-state index contributed by atoms with van der Waals surface area (Å²) in [6.45, 7) is 3.09. The van der Waals surface area contributed by atoms with Gasteiger partial charge in [-0.25, -0.2) is 0 Å². The first-order chi connectivity index (χ1) is 9.78. The normalized spacial score (nSPS) is 16.4. The van der Waals surface area contributed by atoms with Crippen LogP contribution in [0.5, 0.6) is 11.5 Å². The van der Waals surface area contributed by atoms with Crippen molar-refractivity contribution in [1.29, 1.82) is 0 Å². The molecule has 0 aromatic heterocycles. The lowest BCUT2D eigenvalue weighted by molar-refractivity contribution is 0.392. The molecule has 0 fully saturated rings. The van der Waals surface area contributed by atoms with Gasteiger partial charge in [0.2, 0.25) is 0 Å². The molecule has 20 heavy (non-hydrogen) atoms. The zero-order valence-electron chi connectivity index (χ0n) is 12.7. The molecule has 1 unspecified atom stereocenters. The molecule has 0 radical (unpaired) electrons. The lowest BCUT2D eigenvalue weighted by Crippen LogP contribution is -2.23. The van der Waals surface area contributed by atoms with E-state index in [4.69, 9.17) is 9.47 Å². The van der Waals surface area contributed by atoms with Crippen molar-refractivity contribution in [1.82, 2.24) is 5.32 Å². The van der Waals surface area contributed by atoms with Crippen molar-refractivity contribution >= 4 is 0 Å². The zero-order valence-corrected chi connectivity index (χ0v) is 12.7. The number of ether oxygens (including phenoxy) is 2. The molecule has 0 saturated carbocycles. The van der Waals surface area contributed by atoms with Gasteiger partial charge < -0.3 is 14.8 Å². The average Bonchev–Trinajstić information content (AvgIpc) is 2.52. The molecule has 0 aliphatic heterocycles. The molecule has 1 aromatic rings. The Bertz CT molecular complexity index is 446. The lowest BCUT2D eigenvalue weighted by atomic mass is 9.89. The van der Waals surface area contributed by atoms with Gasteiger partial charge in [0, 0.05) is 6.07 Å². The van der Waals surface area contributed by atoms with Gasteiger partial charge in [-0.3, -0.25) is 0 Å². The van der Waals surface area contributed by atoms with Crippen LogP contribution < -0.4 is 14.8 Å². The van der Waals surface area contributed by atoms with Crippen molar-refractivity contribution in [3.63, 3.8) is 0 Å². The number of nitrogens with one attached hydrogen (secondary N) is 1. The Balaban J connectivity index is 2.34. The molecule has 1 atom stereocenters. The Hall–Kier alpha value is -1.48. The molecule has 1 N–H and O–H groups in total. The molecule has 110 valence electrons. The largest absolute Gasteiger partial charge is 0.497 e. The summed E-state index contributed by atoms with van der Waals surface area (Å²) < 4.78 is 10.8. The zero-order chi connectivity index (χ0) is 14.4. The summed E-state index contributed by atoms with van der Waals surface area (Å²) in [5.74, 6) is 1.69. The summed E-state index contributed by atoms with van der Waals surface area (Å²) in [6.07, 6.45) is 7.36. The lowest BCUT2D eigenvalue weighted by Gasteiger charge is -2.25. The molecule has 0 heterocycles. The first-order valence-corrected chi connectivity index (χ1v) is 7.43.